The Morgan fingerprint density at radius 2 is 1.58 bits per heavy atom. The Bertz CT molecular complexity index is 770. The van der Waals surface area contributed by atoms with Gasteiger partial charge in [-0.15, -0.1) is 0 Å². The molecule has 5 heteroatoms. The third-order valence-electron chi connectivity index (χ3n) is 4.45. The molecule has 0 saturated carbocycles. The molecule has 1 aliphatic heterocycles. The minimum atomic E-state index is -0.672. The number of fused-ring (bicyclic) bond motifs is 2. The molecule has 1 amide bonds. The average molecular weight is 353 g/mol. The van der Waals surface area contributed by atoms with Gasteiger partial charge in [0.15, 0.2) is 0 Å². The lowest BCUT2D eigenvalue weighted by Crippen LogP contribution is -2.45. The number of methoxy groups -OCH3 is 1. The van der Waals surface area contributed by atoms with E-state index in [1.807, 2.05) is 62.4 Å². The summed E-state index contributed by atoms with van der Waals surface area (Å²) in [5.41, 5.74) is 1.58. The van der Waals surface area contributed by atoms with Gasteiger partial charge in [0, 0.05) is 11.1 Å². The molecule has 2 aromatic carbocycles. The van der Waals surface area contributed by atoms with Crippen LogP contribution in [0.5, 0.6) is 11.5 Å². The van der Waals surface area contributed by atoms with Crippen LogP contribution in [0.3, 0.4) is 0 Å². The molecule has 1 heterocycles. The Labute approximate surface area is 153 Å². The van der Waals surface area contributed by atoms with Gasteiger partial charge in [0.1, 0.15) is 17.5 Å². The number of hydrogen-bond acceptors (Lipinski definition) is 4. The van der Waals surface area contributed by atoms with Gasteiger partial charge >= 0.3 is 5.97 Å². The summed E-state index contributed by atoms with van der Waals surface area (Å²) in [5.74, 6) is 0.365. The highest BCUT2D eigenvalue weighted by molar-refractivity contribution is 5.92. The lowest BCUT2D eigenvalue weighted by atomic mass is 9.87. The van der Waals surface area contributed by atoms with E-state index in [1.165, 1.54) is 7.11 Å². The molecule has 1 aliphatic rings. The smallest absolute Gasteiger partial charge is 0.328 e. The van der Waals surface area contributed by atoms with Crippen molar-refractivity contribution in [2.45, 2.75) is 32.2 Å². The van der Waals surface area contributed by atoms with E-state index >= 15 is 0 Å². The van der Waals surface area contributed by atoms with Crippen molar-refractivity contribution in [3.8, 4) is 11.5 Å². The van der Waals surface area contributed by atoms with Crippen molar-refractivity contribution in [3.63, 3.8) is 0 Å². The number of para-hydroxylation sites is 2. The summed E-state index contributed by atoms with van der Waals surface area (Å²) in [4.78, 5) is 25.3. The average Bonchev–Trinajstić information content (AvgIpc) is 2.64. The Morgan fingerprint density at radius 1 is 1.04 bits per heavy atom. The molecule has 0 unspecified atom stereocenters. The third-order valence-corrected chi connectivity index (χ3v) is 4.45. The number of esters is 1. The van der Waals surface area contributed by atoms with Crippen LogP contribution in [0.2, 0.25) is 0 Å². The van der Waals surface area contributed by atoms with Crippen LogP contribution in [0.15, 0.2) is 48.5 Å². The molecule has 2 aromatic rings. The zero-order valence-electron chi connectivity index (χ0n) is 15.2. The minimum absolute atomic E-state index is 0.232. The molecular weight excluding hydrogens is 330 g/mol. The summed E-state index contributed by atoms with van der Waals surface area (Å²) in [6.07, 6.45) is 0.519. The summed E-state index contributed by atoms with van der Waals surface area (Å²) in [5, 5.41) is 2.88. The summed E-state index contributed by atoms with van der Waals surface area (Å²) in [7, 11) is 1.33. The van der Waals surface area contributed by atoms with Gasteiger partial charge in [0.05, 0.1) is 13.0 Å². The van der Waals surface area contributed by atoms with Gasteiger partial charge in [-0.2, -0.15) is 0 Å². The van der Waals surface area contributed by atoms with Gasteiger partial charge in [-0.05, 0) is 24.5 Å². The highest BCUT2D eigenvalue weighted by Crippen LogP contribution is 2.43. The lowest BCUT2D eigenvalue weighted by Gasteiger charge is -2.29. The van der Waals surface area contributed by atoms with E-state index < -0.39 is 17.9 Å². The van der Waals surface area contributed by atoms with Crippen LogP contribution in [0.4, 0.5) is 0 Å². The second-order valence-electron chi connectivity index (χ2n) is 6.82. The summed E-state index contributed by atoms with van der Waals surface area (Å²) in [6.45, 7) is 4.00. The fourth-order valence-corrected chi connectivity index (χ4v) is 3.28. The third kappa shape index (κ3) is 3.57. The number of nitrogens with one attached hydrogen (secondary N) is 1. The Kier molecular flexibility index (Phi) is 5.26. The van der Waals surface area contributed by atoms with E-state index in [1.54, 1.807) is 0 Å². The van der Waals surface area contributed by atoms with Crippen LogP contribution in [0, 0.1) is 5.92 Å². The van der Waals surface area contributed by atoms with Crippen LogP contribution in [0.25, 0.3) is 0 Å². The first-order valence-corrected chi connectivity index (χ1v) is 8.75. The van der Waals surface area contributed by atoms with Crippen molar-refractivity contribution in [1.29, 1.82) is 0 Å². The van der Waals surface area contributed by atoms with Gasteiger partial charge in [0.2, 0.25) is 5.91 Å². The number of carbonyl (C=O) groups excluding carboxylic acids is 2. The Morgan fingerprint density at radius 3 is 2.08 bits per heavy atom. The second-order valence-corrected chi connectivity index (χ2v) is 6.82. The van der Waals surface area contributed by atoms with Crippen molar-refractivity contribution in [2.24, 2.45) is 5.92 Å². The molecule has 0 radical (unpaired) electrons. The largest absolute Gasteiger partial charge is 0.467 e. The molecule has 5 nitrogen and oxygen atoms in total. The number of hydrogen-bond donors (Lipinski definition) is 1. The van der Waals surface area contributed by atoms with Gasteiger partial charge in [-0.25, -0.2) is 4.79 Å². The highest BCUT2D eigenvalue weighted by atomic mass is 16.5. The highest BCUT2D eigenvalue weighted by Gasteiger charge is 2.34. The van der Waals surface area contributed by atoms with Crippen molar-refractivity contribution in [1.82, 2.24) is 5.32 Å². The van der Waals surface area contributed by atoms with Crippen LogP contribution in [-0.4, -0.2) is 25.0 Å². The normalized spacial score (nSPS) is 14.0. The van der Waals surface area contributed by atoms with Crippen molar-refractivity contribution < 1.29 is 19.1 Å². The number of rotatable bonds is 5. The molecule has 26 heavy (non-hydrogen) atoms. The maximum absolute atomic E-state index is 13.2. The Hall–Kier alpha value is -2.82. The quantitative estimate of drug-likeness (QED) is 0.834. The van der Waals surface area contributed by atoms with Gasteiger partial charge in [0.25, 0.3) is 0 Å². The van der Waals surface area contributed by atoms with Gasteiger partial charge < -0.3 is 14.8 Å². The predicted molar refractivity (Wildman–Crippen MR) is 98.2 cm³/mol. The van der Waals surface area contributed by atoms with Crippen molar-refractivity contribution in [2.75, 3.05) is 7.11 Å². The fourth-order valence-electron chi connectivity index (χ4n) is 3.28. The van der Waals surface area contributed by atoms with E-state index in [2.05, 4.69) is 5.32 Å². The molecule has 1 N–H and O–H groups in total. The molecule has 0 aliphatic carbocycles. The van der Waals surface area contributed by atoms with E-state index in [9.17, 15) is 9.59 Å². The minimum Gasteiger partial charge on any atom is -0.467 e. The molecule has 136 valence electrons. The number of amides is 1. The first-order chi connectivity index (χ1) is 12.5. The predicted octanol–water partition coefficient (Wildman–Crippen LogP) is 3.63. The van der Waals surface area contributed by atoms with Crippen LogP contribution < -0.4 is 10.1 Å². The van der Waals surface area contributed by atoms with Crippen LogP contribution >= 0.6 is 0 Å². The topological polar surface area (TPSA) is 64.6 Å². The summed E-state index contributed by atoms with van der Waals surface area (Å²) in [6, 6.07) is 14.3. The van der Waals surface area contributed by atoms with Crippen LogP contribution in [-0.2, 0) is 14.3 Å². The van der Waals surface area contributed by atoms with E-state index in [4.69, 9.17) is 9.47 Å². The lowest BCUT2D eigenvalue weighted by molar-refractivity contribution is -0.145. The number of ether oxygens (including phenoxy) is 2. The molecule has 3 rings (SSSR count). The van der Waals surface area contributed by atoms with Crippen LogP contribution in [0.1, 0.15) is 37.3 Å². The van der Waals surface area contributed by atoms with E-state index in [-0.39, 0.29) is 11.8 Å². The Balaban J connectivity index is 1.95. The molecule has 0 saturated heterocycles. The van der Waals surface area contributed by atoms with E-state index in [0.29, 0.717) is 17.9 Å². The number of benzene rings is 2. The summed E-state index contributed by atoms with van der Waals surface area (Å²) < 4.78 is 10.8. The van der Waals surface area contributed by atoms with E-state index in [0.717, 1.165) is 11.1 Å². The second kappa shape index (κ2) is 7.60. The van der Waals surface area contributed by atoms with Gasteiger partial charge in [-0.1, -0.05) is 50.2 Å². The zero-order chi connectivity index (χ0) is 18.7. The fraction of sp³-hybridized carbons (Fsp3) is 0.333. The molecule has 0 fully saturated rings. The first-order valence-electron chi connectivity index (χ1n) is 8.75. The molecular formula is C21H23NO4. The van der Waals surface area contributed by atoms with Gasteiger partial charge in [-0.3, -0.25) is 4.79 Å². The molecule has 1 atom stereocenters. The van der Waals surface area contributed by atoms with Crippen molar-refractivity contribution >= 4 is 11.9 Å². The maximum Gasteiger partial charge on any atom is 0.328 e. The molecule has 0 spiro atoms. The monoisotopic (exact) mass is 353 g/mol. The SMILES string of the molecule is COC(=O)[C@@H](CC(C)C)NC(=O)C1c2ccccc2Oc2ccccc21. The van der Waals surface area contributed by atoms with Crippen molar-refractivity contribution in [3.05, 3.63) is 59.7 Å². The number of carbonyl (C=O) groups is 2. The molecule has 0 bridgehead atoms. The summed E-state index contributed by atoms with van der Waals surface area (Å²) >= 11 is 0. The zero-order valence-corrected chi connectivity index (χ0v) is 15.2. The maximum atomic E-state index is 13.2. The first kappa shape index (κ1) is 18.0. The standard InChI is InChI=1S/C21H23NO4/c1-13(2)12-16(21(24)25-3)22-20(23)19-14-8-4-6-10-17(14)26-18-11-7-5-9-15(18)19/h4-11,13,16,19H,12H2,1-3H3,(H,22,23)/t16-/m1/s1. The molecule has 0 aromatic heterocycles.